The smallest absolute Gasteiger partial charge is 0.336 e. The molecule has 1 aromatic carbocycles. The van der Waals surface area contributed by atoms with Crippen molar-refractivity contribution in [2.75, 3.05) is 20.4 Å². The van der Waals surface area contributed by atoms with E-state index in [4.69, 9.17) is 9.47 Å². The first-order valence-electron chi connectivity index (χ1n) is 16.5. The quantitative estimate of drug-likeness (QED) is 0.0446. The summed E-state index contributed by atoms with van der Waals surface area (Å²) in [6.07, 6.45) is 8.59. The molecule has 0 aliphatic heterocycles. The number of hydrogen-bond donors (Lipinski definition) is 3. The van der Waals surface area contributed by atoms with E-state index in [9.17, 15) is 37.8 Å². The first kappa shape index (κ1) is 41.5. The largest absolute Gasteiger partial charge is 0.481 e. The van der Waals surface area contributed by atoms with Gasteiger partial charge < -0.3 is 25.0 Å². The van der Waals surface area contributed by atoms with Crippen molar-refractivity contribution in [3.63, 3.8) is 0 Å². The summed E-state index contributed by atoms with van der Waals surface area (Å²) in [6, 6.07) is 5.46. The highest BCUT2D eigenvalue weighted by molar-refractivity contribution is 5.92. The topological polar surface area (TPSA) is 122 Å². The molecule has 0 aliphatic rings. The fraction of sp³-hybridized carbons (Fsp3) is 0.639. The van der Waals surface area contributed by atoms with E-state index in [1.165, 1.54) is 12.2 Å². The van der Waals surface area contributed by atoms with Crippen LogP contribution >= 0.6 is 0 Å². The van der Waals surface area contributed by atoms with E-state index in [0.717, 1.165) is 32.8 Å². The highest BCUT2D eigenvalue weighted by Crippen LogP contribution is 2.29. The molecule has 3 atom stereocenters. The number of carboxylic acids is 1. The van der Waals surface area contributed by atoms with Crippen molar-refractivity contribution in [1.29, 1.82) is 0 Å². The van der Waals surface area contributed by atoms with Crippen LogP contribution in [0.2, 0.25) is 0 Å². The Kier molecular flexibility index (Phi) is 20.2. The standard InChI is InChI=1S/C36H52F3NO7/c1-4-6-8-12-15-22-35(38,39)23-16-13-10-9-11-14-17-30(36(45,24-25-37)34(43)44)32(41)40-31(33(42)46-3)27-28-18-20-29(21-19-28)47-26-7-5-2/h14,17-21,30-31,45H,4,6,8-13,15-16,22-27H2,1-3H3,(H,40,41)(H,43,44)/t30-,31+,36+/m1/s1. The normalized spacial score (nSPS) is 14.0. The van der Waals surface area contributed by atoms with Crippen LogP contribution in [-0.2, 0) is 25.5 Å². The summed E-state index contributed by atoms with van der Waals surface area (Å²) in [5, 5.41) is 23.2. The van der Waals surface area contributed by atoms with Crippen molar-refractivity contribution < 1.29 is 47.2 Å². The number of carbonyl (C=O) groups is 3. The molecular formula is C36H52F3NO7. The van der Waals surface area contributed by atoms with Crippen LogP contribution in [0.25, 0.3) is 0 Å². The lowest BCUT2D eigenvalue weighted by atomic mass is 9.83. The van der Waals surface area contributed by atoms with Crippen LogP contribution in [0.15, 0.2) is 36.4 Å². The molecule has 47 heavy (non-hydrogen) atoms. The number of ether oxygens (including phenoxy) is 2. The van der Waals surface area contributed by atoms with Gasteiger partial charge in [0, 0.05) is 25.7 Å². The van der Waals surface area contributed by atoms with Gasteiger partial charge in [0.15, 0.2) is 5.60 Å². The molecular weight excluding hydrogens is 615 g/mol. The van der Waals surface area contributed by atoms with E-state index < -0.39 is 54.4 Å². The number of unbranched alkanes of at least 4 members (excludes halogenated alkanes) is 8. The fourth-order valence-electron chi connectivity index (χ4n) is 5.09. The van der Waals surface area contributed by atoms with Crippen LogP contribution in [0.1, 0.15) is 103 Å². The van der Waals surface area contributed by atoms with E-state index in [1.54, 1.807) is 31.2 Å². The number of allylic oxidation sites excluding steroid dienone is 1. The predicted octanol–water partition coefficient (Wildman–Crippen LogP) is 6.97. The van der Waals surface area contributed by atoms with Gasteiger partial charge in [-0.2, -0.15) is 0 Å². The number of nitrogens with one attached hydrogen (secondary N) is 1. The maximum Gasteiger partial charge on any atom is 0.336 e. The van der Waals surface area contributed by atoms with Crippen molar-refractivity contribution in [2.45, 2.75) is 121 Å². The third-order valence-electron chi connectivity index (χ3n) is 7.93. The van der Waals surface area contributed by atoms with E-state index in [0.29, 0.717) is 49.8 Å². The molecule has 3 N–H and O–H groups in total. The zero-order valence-corrected chi connectivity index (χ0v) is 28.0. The Morgan fingerprint density at radius 1 is 0.979 bits per heavy atom. The molecule has 0 spiro atoms. The van der Waals surface area contributed by atoms with Gasteiger partial charge in [-0.1, -0.05) is 75.7 Å². The number of aliphatic hydroxyl groups is 1. The van der Waals surface area contributed by atoms with E-state index in [1.807, 2.05) is 0 Å². The molecule has 0 aromatic heterocycles. The zero-order valence-electron chi connectivity index (χ0n) is 28.0. The molecule has 0 fully saturated rings. The second kappa shape index (κ2) is 22.9. The van der Waals surface area contributed by atoms with Gasteiger partial charge in [-0.25, -0.2) is 18.4 Å². The molecule has 0 radical (unpaired) electrons. The molecule has 0 saturated carbocycles. The first-order valence-corrected chi connectivity index (χ1v) is 16.5. The maximum atomic E-state index is 14.1. The minimum absolute atomic E-state index is 0.0175. The molecule has 1 rings (SSSR count). The monoisotopic (exact) mass is 667 g/mol. The Labute approximate surface area is 277 Å². The van der Waals surface area contributed by atoms with Gasteiger partial charge in [-0.05, 0) is 50.3 Å². The van der Waals surface area contributed by atoms with Crippen LogP contribution < -0.4 is 10.1 Å². The average Bonchev–Trinajstić information content (AvgIpc) is 3.04. The second-order valence-electron chi connectivity index (χ2n) is 11.7. The highest BCUT2D eigenvalue weighted by atomic mass is 19.3. The van der Waals surface area contributed by atoms with Crippen LogP contribution in [0.4, 0.5) is 13.2 Å². The minimum atomic E-state index is -2.78. The molecule has 0 bridgehead atoms. The van der Waals surface area contributed by atoms with Gasteiger partial charge in [-0.15, -0.1) is 5.92 Å². The number of esters is 1. The number of carbonyl (C=O) groups excluding carboxylic acids is 2. The molecule has 1 aromatic rings. The number of benzene rings is 1. The Balaban J connectivity index is 2.84. The number of aliphatic carboxylic acids is 1. The molecule has 1 amide bonds. The van der Waals surface area contributed by atoms with Crippen molar-refractivity contribution in [2.24, 2.45) is 5.92 Å². The number of methoxy groups -OCH3 is 1. The Morgan fingerprint density at radius 2 is 1.60 bits per heavy atom. The lowest BCUT2D eigenvalue weighted by Crippen LogP contribution is -2.55. The van der Waals surface area contributed by atoms with Gasteiger partial charge in [0.2, 0.25) is 11.8 Å². The summed E-state index contributed by atoms with van der Waals surface area (Å²) in [5.74, 6) is -1.95. The van der Waals surface area contributed by atoms with Gasteiger partial charge in [0.25, 0.3) is 0 Å². The highest BCUT2D eigenvalue weighted by Gasteiger charge is 2.47. The van der Waals surface area contributed by atoms with Crippen molar-refractivity contribution >= 4 is 17.8 Å². The molecule has 0 unspecified atom stereocenters. The van der Waals surface area contributed by atoms with Crippen LogP contribution in [0.3, 0.4) is 0 Å². The van der Waals surface area contributed by atoms with Gasteiger partial charge in [-0.3, -0.25) is 9.18 Å². The van der Waals surface area contributed by atoms with Crippen molar-refractivity contribution in [1.82, 2.24) is 5.32 Å². The SMILES string of the molecule is CC#CCOc1ccc(C[C@H](NC(=O)[C@@H](C=CCCCCCCC(F)(F)CCCCCCC)[C@@](O)(CCF)C(=O)O)C(=O)OC)cc1. The summed E-state index contributed by atoms with van der Waals surface area (Å²) in [6.45, 7) is 2.77. The summed E-state index contributed by atoms with van der Waals surface area (Å²) < 4.78 is 52.0. The maximum absolute atomic E-state index is 14.1. The Hall–Kier alpha value is -3.52. The average molecular weight is 668 g/mol. The van der Waals surface area contributed by atoms with Crippen molar-refractivity contribution in [3.8, 4) is 17.6 Å². The third-order valence-corrected chi connectivity index (χ3v) is 7.93. The molecule has 0 aliphatic carbocycles. The number of carboxylic acid groups (broad SMARTS) is 1. The van der Waals surface area contributed by atoms with Gasteiger partial charge >= 0.3 is 11.9 Å². The first-order chi connectivity index (χ1) is 22.4. The number of alkyl halides is 3. The summed E-state index contributed by atoms with van der Waals surface area (Å²) in [4.78, 5) is 38.0. The van der Waals surface area contributed by atoms with Gasteiger partial charge in [0.1, 0.15) is 18.4 Å². The summed E-state index contributed by atoms with van der Waals surface area (Å²) in [7, 11) is 1.14. The molecule has 0 saturated heterocycles. The lowest BCUT2D eigenvalue weighted by Gasteiger charge is -2.30. The van der Waals surface area contributed by atoms with E-state index in [-0.39, 0.29) is 25.9 Å². The number of hydrogen-bond acceptors (Lipinski definition) is 6. The number of rotatable bonds is 25. The van der Waals surface area contributed by atoms with E-state index >= 15 is 0 Å². The van der Waals surface area contributed by atoms with Gasteiger partial charge in [0.05, 0.1) is 19.7 Å². The Bertz CT molecular complexity index is 1160. The second-order valence-corrected chi connectivity index (χ2v) is 11.7. The van der Waals surface area contributed by atoms with E-state index in [2.05, 4.69) is 24.1 Å². The third kappa shape index (κ3) is 16.2. The van der Waals surface area contributed by atoms with Crippen LogP contribution in [-0.4, -0.2) is 66.0 Å². The van der Waals surface area contributed by atoms with Crippen molar-refractivity contribution in [3.05, 3.63) is 42.0 Å². The Morgan fingerprint density at radius 3 is 2.15 bits per heavy atom. The number of halogens is 3. The fourth-order valence-corrected chi connectivity index (χ4v) is 5.09. The predicted molar refractivity (Wildman–Crippen MR) is 175 cm³/mol. The lowest BCUT2D eigenvalue weighted by molar-refractivity contribution is -0.168. The summed E-state index contributed by atoms with van der Waals surface area (Å²) >= 11 is 0. The number of amides is 1. The molecule has 0 heterocycles. The molecule has 11 heteroatoms. The molecule has 8 nitrogen and oxygen atoms in total. The molecule has 264 valence electrons. The minimum Gasteiger partial charge on any atom is -0.481 e. The van der Waals surface area contributed by atoms with Crippen LogP contribution in [0, 0.1) is 17.8 Å². The summed E-state index contributed by atoms with van der Waals surface area (Å²) in [5.41, 5.74) is -2.15. The zero-order chi connectivity index (χ0) is 35.1. The van der Waals surface area contributed by atoms with Crippen LogP contribution in [0.5, 0.6) is 5.75 Å².